The SMILES string of the molecule is CCN(CC)S(=O)(=O)c1ccc(OC)c(NC(=O)CNc2cc(Cl)ccc2F)c1. The monoisotopic (exact) mass is 443 g/mol. The molecule has 0 bridgehead atoms. The van der Waals surface area contributed by atoms with Crippen LogP contribution in [0.3, 0.4) is 0 Å². The third-order valence-electron chi connectivity index (χ3n) is 4.16. The van der Waals surface area contributed by atoms with Crippen LogP contribution in [0.15, 0.2) is 41.3 Å². The highest BCUT2D eigenvalue weighted by Crippen LogP contribution is 2.29. The summed E-state index contributed by atoms with van der Waals surface area (Å²) in [4.78, 5) is 12.3. The van der Waals surface area contributed by atoms with E-state index in [0.717, 1.165) is 0 Å². The maximum atomic E-state index is 13.7. The van der Waals surface area contributed by atoms with Crippen LogP contribution in [0, 0.1) is 5.82 Å². The van der Waals surface area contributed by atoms with Gasteiger partial charge in [0.05, 0.1) is 29.9 Å². The Morgan fingerprint density at radius 2 is 1.83 bits per heavy atom. The second-order valence-corrected chi connectivity index (χ2v) is 8.35. The molecule has 0 aromatic heterocycles. The van der Waals surface area contributed by atoms with E-state index in [4.69, 9.17) is 16.3 Å². The summed E-state index contributed by atoms with van der Waals surface area (Å²) in [5.74, 6) is -0.766. The average molecular weight is 444 g/mol. The predicted molar refractivity (Wildman–Crippen MR) is 112 cm³/mol. The summed E-state index contributed by atoms with van der Waals surface area (Å²) in [5.41, 5.74) is 0.275. The van der Waals surface area contributed by atoms with Crippen LogP contribution in [0.2, 0.25) is 5.02 Å². The molecule has 0 unspecified atom stereocenters. The number of rotatable bonds is 9. The van der Waals surface area contributed by atoms with Gasteiger partial charge in [-0.3, -0.25) is 4.79 Å². The van der Waals surface area contributed by atoms with Gasteiger partial charge in [-0.25, -0.2) is 12.8 Å². The molecule has 0 aliphatic carbocycles. The summed E-state index contributed by atoms with van der Waals surface area (Å²) in [6, 6.07) is 8.17. The number of nitrogens with zero attached hydrogens (tertiary/aromatic N) is 1. The Balaban J connectivity index is 2.20. The maximum Gasteiger partial charge on any atom is 0.243 e. The number of halogens is 2. The van der Waals surface area contributed by atoms with Crippen LogP contribution in [0.1, 0.15) is 13.8 Å². The van der Waals surface area contributed by atoms with Gasteiger partial charge in [-0.05, 0) is 36.4 Å². The smallest absolute Gasteiger partial charge is 0.243 e. The molecule has 2 aromatic rings. The molecule has 1 amide bonds. The molecule has 0 fully saturated rings. The molecule has 29 heavy (non-hydrogen) atoms. The van der Waals surface area contributed by atoms with Crippen LogP contribution in [0.4, 0.5) is 15.8 Å². The Hall–Kier alpha value is -2.36. The Bertz CT molecular complexity index is 981. The molecule has 2 aromatic carbocycles. The van der Waals surface area contributed by atoms with E-state index < -0.39 is 21.7 Å². The molecule has 7 nitrogen and oxygen atoms in total. The quantitative estimate of drug-likeness (QED) is 0.618. The third kappa shape index (κ3) is 5.59. The van der Waals surface area contributed by atoms with Crippen molar-refractivity contribution in [2.45, 2.75) is 18.7 Å². The minimum atomic E-state index is -3.70. The first-order chi connectivity index (χ1) is 13.7. The number of nitrogens with one attached hydrogen (secondary N) is 2. The van der Waals surface area contributed by atoms with Crippen molar-refractivity contribution in [3.05, 3.63) is 47.2 Å². The van der Waals surface area contributed by atoms with Crippen molar-refractivity contribution in [3.8, 4) is 5.75 Å². The van der Waals surface area contributed by atoms with Crippen molar-refractivity contribution < 1.29 is 22.3 Å². The van der Waals surface area contributed by atoms with Gasteiger partial charge in [0.1, 0.15) is 11.6 Å². The second-order valence-electron chi connectivity index (χ2n) is 5.98. The normalized spacial score (nSPS) is 11.4. The lowest BCUT2D eigenvalue weighted by atomic mass is 10.3. The lowest BCUT2D eigenvalue weighted by Gasteiger charge is -2.19. The zero-order chi connectivity index (χ0) is 21.6. The molecule has 0 aliphatic rings. The number of anilines is 2. The van der Waals surface area contributed by atoms with Crippen molar-refractivity contribution in [2.24, 2.45) is 0 Å². The van der Waals surface area contributed by atoms with Gasteiger partial charge in [0.25, 0.3) is 0 Å². The van der Waals surface area contributed by atoms with Crippen molar-refractivity contribution in [2.75, 3.05) is 37.4 Å². The number of hydrogen-bond donors (Lipinski definition) is 2. The van der Waals surface area contributed by atoms with Gasteiger partial charge in [-0.15, -0.1) is 0 Å². The van der Waals surface area contributed by atoms with Crippen LogP contribution < -0.4 is 15.4 Å². The zero-order valence-corrected chi connectivity index (χ0v) is 17.9. The summed E-state index contributed by atoms with van der Waals surface area (Å²) in [5, 5.41) is 5.57. The summed E-state index contributed by atoms with van der Waals surface area (Å²) >= 11 is 5.83. The number of methoxy groups -OCH3 is 1. The highest BCUT2D eigenvalue weighted by molar-refractivity contribution is 7.89. The molecular formula is C19H23ClFN3O4S. The van der Waals surface area contributed by atoms with Gasteiger partial charge in [0.15, 0.2) is 0 Å². The number of ether oxygens (including phenoxy) is 1. The predicted octanol–water partition coefficient (Wildman–Crippen LogP) is 3.57. The molecule has 0 saturated heterocycles. The molecule has 158 valence electrons. The summed E-state index contributed by atoms with van der Waals surface area (Å²) in [6.07, 6.45) is 0. The maximum absolute atomic E-state index is 13.7. The van der Waals surface area contributed by atoms with Crippen LogP contribution in [-0.4, -0.2) is 45.4 Å². The van der Waals surface area contributed by atoms with Crippen molar-refractivity contribution >= 4 is 38.9 Å². The Morgan fingerprint density at radius 3 is 2.45 bits per heavy atom. The lowest BCUT2D eigenvalue weighted by molar-refractivity contribution is -0.114. The van der Waals surface area contributed by atoms with Gasteiger partial charge < -0.3 is 15.4 Å². The third-order valence-corrected chi connectivity index (χ3v) is 6.44. The average Bonchev–Trinajstić information content (AvgIpc) is 2.69. The number of carbonyl (C=O) groups is 1. The summed E-state index contributed by atoms with van der Waals surface area (Å²) < 4.78 is 45.7. The number of carbonyl (C=O) groups excluding carboxylic acids is 1. The number of sulfonamides is 1. The Kier molecular flexibility index (Phi) is 7.83. The van der Waals surface area contributed by atoms with E-state index >= 15 is 0 Å². The van der Waals surface area contributed by atoms with E-state index in [1.807, 2.05) is 0 Å². The van der Waals surface area contributed by atoms with Gasteiger partial charge in [-0.1, -0.05) is 25.4 Å². The van der Waals surface area contributed by atoms with E-state index in [9.17, 15) is 17.6 Å². The molecule has 0 saturated carbocycles. The lowest BCUT2D eigenvalue weighted by Crippen LogP contribution is -2.30. The topological polar surface area (TPSA) is 87.7 Å². The van der Waals surface area contributed by atoms with Crippen molar-refractivity contribution in [3.63, 3.8) is 0 Å². The highest BCUT2D eigenvalue weighted by atomic mass is 35.5. The minimum Gasteiger partial charge on any atom is -0.495 e. The fraction of sp³-hybridized carbons (Fsp3) is 0.316. The Morgan fingerprint density at radius 1 is 1.14 bits per heavy atom. The van der Waals surface area contributed by atoms with E-state index in [2.05, 4.69) is 10.6 Å². The zero-order valence-electron chi connectivity index (χ0n) is 16.3. The van der Waals surface area contributed by atoms with Gasteiger partial charge in [0.2, 0.25) is 15.9 Å². The van der Waals surface area contributed by atoms with Crippen LogP contribution in [0.5, 0.6) is 5.75 Å². The van der Waals surface area contributed by atoms with E-state index in [1.165, 1.54) is 47.8 Å². The molecule has 2 N–H and O–H groups in total. The molecular weight excluding hydrogens is 421 g/mol. The number of hydrogen-bond acceptors (Lipinski definition) is 5. The highest BCUT2D eigenvalue weighted by Gasteiger charge is 2.23. The van der Waals surface area contributed by atoms with Gasteiger partial charge in [0, 0.05) is 18.1 Å². The first-order valence-electron chi connectivity index (χ1n) is 8.89. The first-order valence-corrected chi connectivity index (χ1v) is 10.7. The summed E-state index contributed by atoms with van der Waals surface area (Å²) in [7, 11) is -2.30. The largest absolute Gasteiger partial charge is 0.495 e. The molecule has 0 aliphatic heterocycles. The van der Waals surface area contributed by atoms with Crippen molar-refractivity contribution in [1.82, 2.24) is 4.31 Å². The molecule has 2 rings (SSSR count). The number of amides is 1. The molecule has 0 radical (unpaired) electrons. The van der Waals surface area contributed by atoms with Gasteiger partial charge >= 0.3 is 0 Å². The van der Waals surface area contributed by atoms with Crippen LogP contribution in [0.25, 0.3) is 0 Å². The van der Waals surface area contributed by atoms with E-state index in [1.54, 1.807) is 13.8 Å². The minimum absolute atomic E-state index is 0.0335. The van der Waals surface area contributed by atoms with Crippen molar-refractivity contribution in [1.29, 1.82) is 0 Å². The van der Waals surface area contributed by atoms with E-state index in [0.29, 0.717) is 23.9 Å². The second kappa shape index (κ2) is 9.91. The molecule has 0 heterocycles. The molecule has 0 spiro atoms. The van der Waals surface area contributed by atoms with Crippen LogP contribution >= 0.6 is 11.6 Å². The number of benzene rings is 2. The van der Waals surface area contributed by atoms with E-state index in [-0.39, 0.29) is 22.8 Å². The van der Waals surface area contributed by atoms with Crippen LogP contribution in [-0.2, 0) is 14.8 Å². The fourth-order valence-electron chi connectivity index (χ4n) is 2.66. The Labute approximate surface area is 174 Å². The summed E-state index contributed by atoms with van der Waals surface area (Å²) in [6.45, 7) is 3.87. The standard InChI is InChI=1S/C19H23ClFN3O4S/c1-4-24(5-2)29(26,27)14-7-9-18(28-3)17(11-14)23-19(25)12-22-16-10-13(20)6-8-15(16)21/h6-11,22H,4-5,12H2,1-3H3,(H,23,25). The van der Waals surface area contributed by atoms with Gasteiger partial charge in [-0.2, -0.15) is 4.31 Å². The first kappa shape index (κ1) is 22.9. The fourth-order valence-corrected chi connectivity index (χ4v) is 4.32. The molecule has 10 heteroatoms. The molecule has 0 atom stereocenters.